The lowest BCUT2D eigenvalue weighted by Crippen LogP contribution is -2.22. The summed E-state index contributed by atoms with van der Waals surface area (Å²) in [4.78, 5) is 0. The van der Waals surface area contributed by atoms with Crippen molar-refractivity contribution in [2.45, 2.75) is 13.0 Å². The van der Waals surface area contributed by atoms with Crippen molar-refractivity contribution < 1.29 is 0 Å². The first-order chi connectivity index (χ1) is 7.25. The molecule has 77 valence electrons. The van der Waals surface area contributed by atoms with Gasteiger partial charge in [-0.05, 0) is 56.9 Å². The van der Waals surface area contributed by atoms with Crippen molar-refractivity contribution in [3.05, 3.63) is 60.9 Å². The minimum absolute atomic E-state index is 0.321. The van der Waals surface area contributed by atoms with E-state index >= 15 is 0 Å². The third-order valence-corrected chi connectivity index (χ3v) is 2.67. The lowest BCUT2D eigenvalue weighted by molar-refractivity contribution is 0.857. The summed E-state index contributed by atoms with van der Waals surface area (Å²) in [7, 11) is 0. The number of rotatable bonds is 3. The predicted molar refractivity (Wildman–Crippen MR) is 65.0 cm³/mol. The molecule has 2 rings (SSSR count). The number of halogens is 1. The molecule has 0 aliphatic heterocycles. The topological polar surface area (TPSA) is 12.0 Å². The zero-order chi connectivity index (χ0) is 10.7. The summed E-state index contributed by atoms with van der Waals surface area (Å²) >= 11 is 5.82. The lowest BCUT2D eigenvalue weighted by atomic mass is 9.99. The maximum absolute atomic E-state index is 5.82. The molecule has 0 amide bonds. The van der Waals surface area contributed by atoms with E-state index in [0.29, 0.717) is 6.04 Å². The normalized spacial score (nSPS) is 19.1. The SMILES string of the molecule is CC(Nc1ccc(Cl)cc1)[C]1[CH][CH][CH][CH]1. The van der Waals surface area contributed by atoms with Gasteiger partial charge >= 0.3 is 0 Å². The van der Waals surface area contributed by atoms with E-state index in [-0.39, 0.29) is 0 Å². The Morgan fingerprint density at radius 3 is 2.27 bits per heavy atom. The molecule has 1 saturated carbocycles. The largest absolute Gasteiger partial charge is 0.382 e. The summed E-state index contributed by atoms with van der Waals surface area (Å²) in [6, 6.07) is 8.08. The molecule has 1 aromatic carbocycles. The third kappa shape index (κ3) is 2.88. The maximum Gasteiger partial charge on any atom is 0.0407 e. The molecule has 1 aromatic rings. The molecule has 0 heterocycles. The summed E-state index contributed by atoms with van der Waals surface area (Å²) in [6.07, 6.45) is 8.34. The van der Waals surface area contributed by atoms with Gasteiger partial charge in [-0.15, -0.1) is 0 Å². The summed E-state index contributed by atoms with van der Waals surface area (Å²) in [5.74, 6) is 1.30. The maximum atomic E-state index is 5.82. The number of benzene rings is 1. The minimum Gasteiger partial charge on any atom is -0.382 e. The van der Waals surface area contributed by atoms with Crippen LogP contribution in [0.5, 0.6) is 0 Å². The first kappa shape index (κ1) is 10.8. The van der Waals surface area contributed by atoms with Crippen LogP contribution in [0.3, 0.4) is 0 Å². The van der Waals surface area contributed by atoms with Crippen molar-refractivity contribution >= 4 is 17.3 Å². The highest BCUT2D eigenvalue weighted by molar-refractivity contribution is 6.30. The number of anilines is 1. The van der Waals surface area contributed by atoms with Gasteiger partial charge in [0.15, 0.2) is 0 Å². The van der Waals surface area contributed by atoms with E-state index in [4.69, 9.17) is 11.6 Å². The van der Waals surface area contributed by atoms with E-state index < -0.39 is 0 Å². The fraction of sp³-hybridized carbons (Fsp3) is 0.154. The Morgan fingerprint density at radius 1 is 1.07 bits per heavy atom. The average Bonchev–Trinajstić information content (AvgIpc) is 2.74. The molecule has 1 unspecified atom stereocenters. The zero-order valence-electron chi connectivity index (χ0n) is 8.57. The molecule has 1 N–H and O–H groups in total. The van der Waals surface area contributed by atoms with Gasteiger partial charge in [0.25, 0.3) is 0 Å². The van der Waals surface area contributed by atoms with E-state index in [1.807, 2.05) is 24.3 Å². The van der Waals surface area contributed by atoms with Crippen LogP contribution in [0.25, 0.3) is 0 Å². The van der Waals surface area contributed by atoms with Crippen LogP contribution in [0.1, 0.15) is 6.92 Å². The van der Waals surface area contributed by atoms with Crippen LogP contribution in [-0.2, 0) is 0 Å². The summed E-state index contributed by atoms with van der Waals surface area (Å²) in [5, 5.41) is 4.18. The molecular weight excluding hydrogens is 206 g/mol. The van der Waals surface area contributed by atoms with Gasteiger partial charge in [0.1, 0.15) is 0 Å². The lowest BCUT2D eigenvalue weighted by Gasteiger charge is -2.20. The molecule has 0 bridgehead atoms. The second-order valence-electron chi connectivity index (χ2n) is 3.59. The molecule has 15 heavy (non-hydrogen) atoms. The molecule has 0 aromatic heterocycles. The van der Waals surface area contributed by atoms with Crippen molar-refractivity contribution in [2.75, 3.05) is 5.32 Å². The van der Waals surface area contributed by atoms with Gasteiger partial charge in [-0.3, -0.25) is 0 Å². The van der Waals surface area contributed by atoms with Crippen molar-refractivity contribution in [2.24, 2.45) is 0 Å². The van der Waals surface area contributed by atoms with Gasteiger partial charge in [-0.25, -0.2) is 0 Å². The summed E-state index contributed by atoms with van der Waals surface area (Å²) in [5.41, 5.74) is 1.09. The average molecular weight is 219 g/mol. The van der Waals surface area contributed by atoms with Gasteiger partial charge < -0.3 is 5.32 Å². The monoisotopic (exact) mass is 218 g/mol. The van der Waals surface area contributed by atoms with Crippen LogP contribution in [0.2, 0.25) is 5.02 Å². The van der Waals surface area contributed by atoms with E-state index in [0.717, 1.165) is 10.7 Å². The molecule has 0 saturated heterocycles. The first-order valence-corrected chi connectivity index (χ1v) is 5.37. The highest BCUT2D eigenvalue weighted by Crippen LogP contribution is 2.28. The minimum atomic E-state index is 0.321. The Bertz CT molecular complexity index is 301. The zero-order valence-corrected chi connectivity index (χ0v) is 9.33. The highest BCUT2D eigenvalue weighted by atomic mass is 35.5. The van der Waals surface area contributed by atoms with Crippen LogP contribution in [-0.4, -0.2) is 6.04 Å². The van der Waals surface area contributed by atoms with Gasteiger partial charge in [-0.1, -0.05) is 11.6 Å². The second-order valence-corrected chi connectivity index (χ2v) is 4.03. The predicted octanol–water partition coefficient (Wildman–Crippen LogP) is 3.55. The van der Waals surface area contributed by atoms with Crippen molar-refractivity contribution in [1.82, 2.24) is 0 Å². The number of hydrogen-bond acceptors (Lipinski definition) is 1. The first-order valence-electron chi connectivity index (χ1n) is 4.99. The Kier molecular flexibility index (Phi) is 3.53. The van der Waals surface area contributed by atoms with Crippen LogP contribution >= 0.6 is 11.6 Å². The van der Waals surface area contributed by atoms with Crippen LogP contribution in [0.15, 0.2) is 24.3 Å². The molecule has 5 radical (unpaired) electrons. The quantitative estimate of drug-likeness (QED) is 0.818. The Morgan fingerprint density at radius 2 is 1.67 bits per heavy atom. The van der Waals surface area contributed by atoms with Crippen molar-refractivity contribution in [1.29, 1.82) is 0 Å². The van der Waals surface area contributed by atoms with E-state index in [1.54, 1.807) is 0 Å². The number of hydrogen-bond donors (Lipinski definition) is 1. The van der Waals surface area contributed by atoms with Gasteiger partial charge in [0.2, 0.25) is 0 Å². The van der Waals surface area contributed by atoms with Crippen molar-refractivity contribution in [3.63, 3.8) is 0 Å². The van der Waals surface area contributed by atoms with E-state index in [2.05, 4.69) is 37.9 Å². The van der Waals surface area contributed by atoms with Gasteiger partial charge in [-0.2, -0.15) is 0 Å². The van der Waals surface area contributed by atoms with Crippen LogP contribution < -0.4 is 5.32 Å². The molecule has 2 heteroatoms. The molecule has 1 atom stereocenters. The van der Waals surface area contributed by atoms with E-state index in [9.17, 15) is 0 Å². The smallest absolute Gasteiger partial charge is 0.0407 e. The van der Waals surface area contributed by atoms with E-state index in [1.165, 1.54) is 5.92 Å². The van der Waals surface area contributed by atoms with Crippen molar-refractivity contribution in [3.8, 4) is 0 Å². The molecular formula is C13H13ClN. The fourth-order valence-corrected chi connectivity index (χ4v) is 1.68. The molecule has 1 nitrogen and oxygen atoms in total. The fourth-order valence-electron chi connectivity index (χ4n) is 1.56. The highest BCUT2D eigenvalue weighted by Gasteiger charge is 2.22. The third-order valence-electron chi connectivity index (χ3n) is 2.42. The standard InChI is InChI=1S/C13H13ClN/c1-10(11-4-2-3-5-11)15-13-8-6-12(14)7-9-13/h2-10,15H,1H3. The second kappa shape index (κ2) is 4.89. The summed E-state index contributed by atoms with van der Waals surface area (Å²) in [6.45, 7) is 2.14. The Labute approximate surface area is 96.8 Å². The molecule has 1 fully saturated rings. The van der Waals surface area contributed by atoms with Gasteiger partial charge in [0.05, 0.1) is 0 Å². The molecule has 1 aliphatic carbocycles. The van der Waals surface area contributed by atoms with Crippen LogP contribution in [0.4, 0.5) is 5.69 Å². The van der Waals surface area contributed by atoms with Crippen LogP contribution in [0, 0.1) is 31.6 Å². The summed E-state index contributed by atoms with van der Waals surface area (Å²) < 4.78 is 0. The molecule has 0 spiro atoms. The Balaban J connectivity index is 1.92. The number of nitrogens with one attached hydrogen (secondary N) is 1. The van der Waals surface area contributed by atoms with Gasteiger partial charge in [0, 0.05) is 22.7 Å². The Hall–Kier alpha value is -0.690. The molecule has 1 aliphatic rings.